The fraction of sp³-hybridized carbons (Fsp3) is 0.625. The Balaban J connectivity index is 0. The fourth-order valence-corrected chi connectivity index (χ4v) is 13.0. The fourth-order valence-electron chi connectivity index (χ4n) is 11.0. The first-order valence-corrected chi connectivity index (χ1v) is 48.7. The summed E-state index contributed by atoms with van der Waals surface area (Å²) in [5.74, 6) is 3.67. The molecular formula is C96H153Br5Cl2O12. The zero-order valence-corrected chi connectivity index (χ0v) is 82.8. The molecule has 658 valence electrons. The number of unbranched alkanes of at least 4 members (excludes halogenated alkanes) is 6. The van der Waals surface area contributed by atoms with Crippen molar-refractivity contribution < 1.29 is 73.7 Å². The predicted octanol–water partition coefficient (Wildman–Crippen LogP) is 32.4. The molecular weight excluding hydrogens is 1820 g/mol. The van der Waals surface area contributed by atoms with Crippen LogP contribution in [0.4, 0.5) is 0 Å². The quantitative estimate of drug-likeness (QED) is 0.0366. The standard InChI is InChI=1S/C19H32O2.C17H26Cl2O2.C15H22Br2O2.2C15H24O2.C8H17Br.C7H8O2.Br2/c1-6-9-11-16(8-3)14-21-19-12-15(4)18(20-5)13-17(19)10-7-2;1-4-6-7-13(5-2)12-21-17-9-14(10-18)16(20-3)8-15(17)11-19;1-4-6-7-11(5-2)10-19-15-9-12(16)14(18-3)8-13(15)17;2*1-4-6-7-13(5-2)12-17-15-10-8-14(16-3)9-11-15;1-3-5-6-8(4-2)7-9;1-9-7-4-2-6(8)3-5-7;1-2/h12-13,16H,6-11,14H2,1-5H3;8-9,13H,4-7,10-12H2,1-3H3;8-9,11H,4-7,10H2,1-3H3;2*8-11,13H,4-7,12H2,1-3H3;8H,3-7H2,1-2H3;2-5,8H,1H3;/i7D,10D,12D,13D;8D,9D,10D2,11D2;;8D,11D;;;;. The summed E-state index contributed by atoms with van der Waals surface area (Å²) in [6.07, 6.45) is 26.5. The van der Waals surface area contributed by atoms with Crippen molar-refractivity contribution in [3.63, 3.8) is 0 Å². The Morgan fingerprint density at radius 2 is 0.678 bits per heavy atom. The Morgan fingerprint density at radius 3 is 1.05 bits per heavy atom. The Morgan fingerprint density at radius 1 is 0.365 bits per heavy atom. The van der Waals surface area contributed by atoms with Gasteiger partial charge in [0.1, 0.15) is 69.0 Å². The SMILES string of the molecule is BrBr.CCCCC(CC)CBr.CCCCC(CC)COc1cc(Br)c(OC)cc1Br.CCCCC(CC)COc1ccc(OC)cc1.COc1ccc(O)cc1.[2H]c1c(C)c(OC)c([2H])c(C([2H])C([2H])C)c1OCC(CC)CCCC.[2H]c1c(OCC(CC)CCCC)c(C([2H])([2H])Cl)c([2H])c(OC)c1C([2H])([2H])Cl.[2H]c1cc(OCC(CC)CCCC)c([2H])cc1OC. The molecule has 12 nitrogen and oxygen atoms in total. The van der Waals surface area contributed by atoms with E-state index in [4.69, 9.17) is 96.9 Å². The van der Waals surface area contributed by atoms with Crippen LogP contribution in [0.1, 0.15) is 289 Å². The maximum absolute atomic E-state index is 8.80. The molecule has 0 radical (unpaired) electrons. The van der Waals surface area contributed by atoms with Crippen LogP contribution in [0.25, 0.3) is 0 Å². The number of phenols is 1. The first kappa shape index (κ1) is 91.6. The van der Waals surface area contributed by atoms with Crippen molar-refractivity contribution in [2.45, 2.75) is 275 Å². The van der Waals surface area contributed by atoms with Crippen LogP contribution in [-0.2, 0) is 18.1 Å². The number of hydrogen-bond donors (Lipinski definition) is 1. The molecule has 0 aromatic heterocycles. The lowest BCUT2D eigenvalue weighted by molar-refractivity contribution is 0.231. The number of phenolic OH excluding ortho intramolecular Hbond substituents is 1. The molecule has 0 fully saturated rings. The minimum atomic E-state index is -2.50. The molecule has 8 unspecified atom stereocenters. The molecule has 0 bridgehead atoms. The summed E-state index contributed by atoms with van der Waals surface area (Å²) >= 11 is 27.6. The van der Waals surface area contributed by atoms with Gasteiger partial charge in [-0.25, -0.2) is 0 Å². The number of aromatic hydroxyl groups is 1. The molecule has 1 N–H and O–H groups in total. The van der Waals surface area contributed by atoms with E-state index in [1.807, 2.05) is 43.3 Å². The Labute approximate surface area is 768 Å². The van der Waals surface area contributed by atoms with Crippen LogP contribution >= 0.6 is 99.2 Å². The maximum Gasteiger partial charge on any atom is 0.134 e. The van der Waals surface area contributed by atoms with Crippen LogP contribution in [0.3, 0.4) is 0 Å². The topological polar surface area (TPSA) is 122 Å². The van der Waals surface area contributed by atoms with Gasteiger partial charge in [0.15, 0.2) is 0 Å². The predicted molar refractivity (Wildman–Crippen MR) is 512 cm³/mol. The average Bonchev–Trinajstić information content (AvgIpc) is 0.747. The van der Waals surface area contributed by atoms with Gasteiger partial charge in [-0.05, 0) is 239 Å². The monoisotopic (exact) mass is 1970 g/mol. The van der Waals surface area contributed by atoms with Crippen molar-refractivity contribution in [3.8, 4) is 69.0 Å². The van der Waals surface area contributed by atoms with Crippen LogP contribution in [-0.4, -0.2) is 86.1 Å². The molecule has 115 heavy (non-hydrogen) atoms. The molecule has 19 heteroatoms. The smallest absolute Gasteiger partial charge is 0.134 e. The summed E-state index contributed by atoms with van der Waals surface area (Å²) in [5.41, 5.74) is 0.0944. The van der Waals surface area contributed by atoms with Gasteiger partial charge < -0.3 is 57.2 Å². The lowest BCUT2D eigenvalue weighted by atomic mass is 10.0. The van der Waals surface area contributed by atoms with E-state index in [-0.39, 0.29) is 70.8 Å². The van der Waals surface area contributed by atoms with Crippen LogP contribution in [0.2, 0.25) is 0 Å². The zero-order valence-electron chi connectivity index (χ0n) is 85.3. The van der Waals surface area contributed by atoms with E-state index >= 15 is 0 Å². The summed E-state index contributed by atoms with van der Waals surface area (Å²) in [5, 5.41) is 9.98. The highest BCUT2D eigenvalue weighted by Crippen LogP contribution is 2.38. The number of hydrogen-bond acceptors (Lipinski definition) is 12. The second-order valence-electron chi connectivity index (χ2n) is 27.7. The van der Waals surface area contributed by atoms with Gasteiger partial charge in [-0.15, -0.1) is 23.2 Å². The second-order valence-corrected chi connectivity index (χ2v) is 30.4. The summed E-state index contributed by atoms with van der Waals surface area (Å²) in [4.78, 5) is 0. The number of rotatable bonds is 50. The van der Waals surface area contributed by atoms with Crippen molar-refractivity contribution in [3.05, 3.63) is 140 Å². The molecule has 0 saturated carbocycles. The minimum Gasteiger partial charge on any atom is -0.508 e. The van der Waals surface area contributed by atoms with E-state index in [0.717, 1.165) is 127 Å². The largest absolute Gasteiger partial charge is 0.508 e. The van der Waals surface area contributed by atoms with Gasteiger partial charge in [-0.2, -0.15) is 0 Å². The van der Waals surface area contributed by atoms with Crippen LogP contribution in [0, 0.1) is 42.4 Å². The number of ether oxygens (including phenoxy) is 11. The van der Waals surface area contributed by atoms with Crippen molar-refractivity contribution in [2.24, 2.45) is 35.5 Å². The lowest BCUT2D eigenvalue weighted by Gasteiger charge is -2.19. The molecule has 6 aromatic carbocycles. The lowest BCUT2D eigenvalue weighted by Crippen LogP contribution is -2.12. The van der Waals surface area contributed by atoms with Gasteiger partial charge in [0, 0.05) is 52.9 Å². The van der Waals surface area contributed by atoms with Gasteiger partial charge in [-0.1, -0.05) is 228 Å². The molecule has 0 saturated heterocycles. The van der Waals surface area contributed by atoms with E-state index in [0.29, 0.717) is 65.3 Å². The third kappa shape index (κ3) is 52.6. The molecule has 6 aromatic rings. The van der Waals surface area contributed by atoms with E-state index in [9.17, 15) is 0 Å². The number of methoxy groups -OCH3 is 6. The first-order valence-electron chi connectivity index (χ1n) is 47.7. The van der Waals surface area contributed by atoms with Crippen LogP contribution in [0.15, 0.2) is 118 Å². The van der Waals surface area contributed by atoms with Gasteiger partial charge in [0.05, 0.1) is 105 Å². The summed E-state index contributed by atoms with van der Waals surface area (Å²) in [6.45, 7) is 32.4. The highest BCUT2D eigenvalue weighted by atomic mass is 80.9. The second kappa shape index (κ2) is 76.1. The molecule has 0 aliphatic heterocycles. The van der Waals surface area contributed by atoms with Gasteiger partial charge in [-0.3, -0.25) is 0 Å². The Bertz CT molecular complexity index is 3760. The van der Waals surface area contributed by atoms with Crippen molar-refractivity contribution in [2.75, 3.05) is 81.0 Å². The Kier molecular flexibility index (Phi) is 60.6. The third-order valence-electron chi connectivity index (χ3n) is 19.1. The molecule has 0 amide bonds. The van der Waals surface area contributed by atoms with Gasteiger partial charge in [0.2, 0.25) is 0 Å². The van der Waals surface area contributed by atoms with Gasteiger partial charge >= 0.3 is 0 Å². The van der Waals surface area contributed by atoms with Crippen molar-refractivity contribution in [1.29, 1.82) is 0 Å². The number of halogens is 7. The number of benzene rings is 6. The average molecular weight is 1980 g/mol. The first-order chi connectivity index (χ1) is 60.4. The van der Waals surface area contributed by atoms with Crippen molar-refractivity contribution >= 4 is 99.2 Å². The summed E-state index contributed by atoms with van der Waals surface area (Å²) in [6, 6.07) is 21.1. The molecule has 0 aliphatic carbocycles. The highest BCUT2D eigenvalue weighted by Gasteiger charge is 2.17. The Hall–Kier alpha value is -4.10. The normalized spacial score (nSPS) is 14.2. The molecule has 8 atom stereocenters. The maximum atomic E-state index is 8.80. The number of alkyl halides is 3. The van der Waals surface area contributed by atoms with E-state index < -0.39 is 36.5 Å². The summed E-state index contributed by atoms with van der Waals surface area (Å²) < 4.78 is 158. The van der Waals surface area contributed by atoms with E-state index in [1.165, 1.54) is 116 Å². The van der Waals surface area contributed by atoms with Crippen LogP contribution < -0.4 is 52.1 Å². The van der Waals surface area contributed by atoms with Crippen LogP contribution in [0.5, 0.6) is 69.0 Å². The third-order valence-corrected chi connectivity index (χ3v) is 21.6. The highest BCUT2D eigenvalue weighted by molar-refractivity contribution is 9.93. The summed E-state index contributed by atoms with van der Waals surface area (Å²) in [7, 11) is 9.09. The minimum absolute atomic E-state index is 0.0618. The molecule has 0 spiro atoms. The van der Waals surface area contributed by atoms with E-state index in [2.05, 4.69) is 152 Å². The van der Waals surface area contributed by atoms with E-state index in [1.54, 1.807) is 65.5 Å². The molecule has 6 rings (SSSR count). The van der Waals surface area contributed by atoms with Crippen molar-refractivity contribution in [1.82, 2.24) is 0 Å². The zero-order chi connectivity index (χ0) is 97.0. The van der Waals surface area contributed by atoms with Gasteiger partial charge in [0.25, 0.3) is 0 Å². The molecule has 0 aliphatic rings. The molecule has 0 heterocycles.